The number of hydrogen-bond donors (Lipinski definition) is 0. The van der Waals surface area contributed by atoms with Crippen LogP contribution in [0, 0.1) is 0 Å². The number of hydrogen-bond acceptors (Lipinski definition) is 2. The Hall–Kier alpha value is -0.790. The van der Waals surface area contributed by atoms with Crippen LogP contribution in [-0.2, 0) is 9.53 Å². The van der Waals surface area contributed by atoms with Crippen molar-refractivity contribution >= 4 is 5.97 Å². The molecule has 0 atom stereocenters. The fraction of sp³-hybridized carbons (Fsp3) is 0.893. The van der Waals surface area contributed by atoms with Gasteiger partial charge >= 0.3 is 5.97 Å². The van der Waals surface area contributed by atoms with E-state index < -0.39 is 0 Å². The molecule has 0 spiro atoms. The first kappa shape index (κ1) is 27.2. The Balaban J connectivity index is 1.74. The molecule has 0 unspecified atom stereocenters. The van der Waals surface area contributed by atoms with E-state index in [0.717, 1.165) is 19.3 Å². The fourth-order valence-electron chi connectivity index (χ4n) is 4.47. The number of allylic oxidation sites excluding steroid dienone is 2. The van der Waals surface area contributed by atoms with Gasteiger partial charge in [-0.25, -0.2) is 0 Å². The maximum atomic E-state index is 11.9. The number of rotatable bonds is 20. The van der Waals surface area contributed by atoms with E-state index >= 15 is 0 Å². The van der Waals surface area contributed by atoms with Gasteiger partial charge in [0.1, 0.15) is 6.10 Å². The van der Waals surface area contributed by atoms with E-state index in [0.29, 0.717) is 6.42 Å². The van der Waals surface area contributed by atoms with E-state index in [2.05, 4.69) is 19.1 Å². The van der Waals surface area contributed by atoms with Crippen molar-refractivity contribution in [1.29, 1.82) is 0 Å². The monoisotopic (exact) mass is 420 g/mol. The van der Waals surface area contributed by atoms with Gasteiger partial charge in [0, 0.05) is 6.42 Å². The molecule has 1 saturated carbocycles. The van der Waals surface area contributed by atoms with Crippen LogP contribution in [0.2, 0.25) is 0 Å². The molecule has 2 nitrogen and oxygen atoms in total. The van der Waals surface area contributed by atoms with Gasteiger partial charge in [0.25, 0.3) is 0 Å². The van der Waals surface area contributed by atoms with Crippen LogP contribution in [0.4, 0.5) is 0 Å². The molecule has 0 heterocycles. The summed E-state index contributed by atoms with van der Waals surface area (Å²) in [7, 11) is 0. The molecule has 176 valence electrons. The highest BCUT2D eigenvalue weighted by Gasteiger charge is 2.17. The summed E-state index contributed by atoms with van der Waals surface area (Å²) in [5.41, 5.74) is 0. The zero-order chi connectivity index (χ0) is 21.5. The summed E-state index contributed by atoms with van der Waals surface area (Å²) in [4.78, 5) is 11.9. The average molecular weight is 421 g/mol. The minimum absolute atomic E-state index is 0.0423. The zero-order valence-corrected chi connectivity index (χ0v) is 20.3. The van der Waals surface area contributed by atoms with Crippen molar-refractivity contribution < 1.29 is 9.53 Å². The number of esters is 1. The van der Waals surface area contributed by atoms with Crippen LogP contribution in [0.15, 0.2) is 12.2 Å². The average Bonchev–Trinajstić information content (AvgIpc) is 2.76. The smallest absolute Gasteiger partial charge is 0.306 e. The Labute approximate surface area is 188 Å². The molecule has 0 bridgehead atoms. The van der Waals surface area contributed by atoms with Gasteiger partial charge in [-0.15, -0.1) is 0 Å². The summed E-state index contributed by atoms with van der Waals surface area (Å²) in [5.74, 6) is 0.0423. The topological polar surface area (TPSA) is 26.3 Å². The molecule has 0 aliphatic heterocycles. The fourth-order valence-corrected chi connectivity index (χ4v) is 4.47. The Morgan fingerprint density at radius 3 is 1.67 bits per heavy atom. The molecule has 1 fully saturated rings. The van der Waals surface area contributed by atoms with Gasteiger partial charge in [0.15, 0.2) is 0 Å². The van der Waals surface area contributed by atoms with Gasteiger partial charge in [-0.2, -0.15) is 0 Å². The molecule has 0 radical (unpaired) electrons. The van der Waals surface area contributed by atoms with Gasteiger partial charge in [0.05, 0.1) is 0 Å². The van der Waals surface area contributed by atoms with Crippen LogP contribution in [0.25, 0.3) is 0 Å². The van der Waals surface area contributed by atoms with Crippen molar-refractivity contribution in [2.45, 2.75) is 161 Å². The first-order valence-electron chi connectivity index (χ1n) is 13.7. The Kier molecular flexibility index (Phi) is 19.5. The van der Waals surface area contributed by atoms with E-state index in [1.54, 1.807) is 0 Å². The highest BCUT2D eigenvalue weighted by molar-refractivity contribution is 5.69. The van der Waals surface area contributed by atoms with Crippen LogP contribution in [-0.4, -0.2) is 12.1 Å². The Morgan fingerprint density at radius 2 is 1.13 bits per heavy atom. The minimum Gasteiger partial charge on any atom is -0.462 e. The van der Waals surface area contributed by atoms with Crippen molar-refractivity contribution in [1.82, 2.24) is 0 Å². The molecule has 0 aromatic rings. The zero-order valence-electron chi connectivity index (χ0n) is 20.3. The summed E-state index contributed by atoms with van der Waals surface area (Å²) >= 11 is 0. The lowest BCUT2D eigenvalue weighted by Crippen LogP contribution is -2.20. The van der Waals surface area contributed by atoms with Crippen molar-refractivity contribution in [3.05, 3.63) is 12.2 Å². The molecule has 2 heteroatoms. The second-order valence-electron chi connectivity index (χ2n) is 9.50. The third-order valence-electron chi connectivity index (χ3n) is 6.49. The first-order chi connectivity index (χ1) is 14.8. The van der Waals surface area contributed by atoms with Crippen LogP contribution in [0.1, 0.15) is 155 Å². The molecule has 0 aromatic heterocycles. The summed E-state index contributed by atoms with van der Waals surface area (Å²) in [6.45, 7) is 2.28. The quantitative estimate of drug-likeness (QED) is 0.111. The van der Waals surface area contributed by atoms with Crippen molar-refractivity contribution in [3.8, 4) is 0 Å². The lowest BCUT2D eigenvalue weighted by molar-refractivity contribution is -0.150. The summed E-state index contributed by atoms with van der Waals surface area (Å²) < 4.78 is 5.58. The molecule has 30 heavy (non-hydrogen) atoms. The molecule has 0 saturated heterocycles. The first-order valence-corrected chi connectivity index (χ1v) is 13.7. The number of carbonyl (C=O) groups excluding carboxylic acids is 1. The van der Waals surface area contributed by atoms with Crippen LogP contribution < -0.4 is 0 Å². The maximum absolute atomic E-state index is 11.9. The normalized spacial score (nSPS) is 15.1. The summed E-state index contributed by atoms with van der Waals surface area (Å²) in [5, 5.41) is 0. The summed E-state index contributed by atoms with van der Waals surface area (Å²) in [6.07, 6.45) is 34.2. The molecule has 1 aliphatic rings. The van der Waals surface area contributed by atoms with Crippen molar-refractivity contribution in [2.75, 3.05) is 0 Å². The lowest BCUT2D eigenvalue weighted by Gasteiger charge is -2.21. The number of carbonyl (C=O) groups is 1. The Bertz CT molecular complexity index is 395. The predicted molar refractivity (Wildman–Crippen MR) is 131 cm³/mol. The van der Waals surface area contributed by atoms with Gasteiger partial charge in [0.2, 0.25) is 0 Å². The van der Waals surface area contributed by atoms with E-state index in [-0.39, 0.29) is 12.1 Å². The molecule has 0 amide bonds. The minimum atomic E-state index is 0.0423. The van der Waals surface area contributed by atoms with Crippen molar-refractivity contribution in [2.24, 2.45) is 0 Å². The van der Waals surface area contributed by atoms with Gasteiger partial charge in [-0.3, -0.25) is 4.79 Å². The lowest BCUT2D eigenvalue weighted by atomic mass is 9.98. The second kappa shape index (κ2) is 21.4. The van der Waals surface area contributed by atoms with E-state index in [1.165, 1.54) is 122 Å². The molecule has 1 aliphatic carbocycles. The van der Waals surface area contributed by atoms with E-state index in [4.69, 9.17) is 4.74 Å². The highest BCUT2D eigenvalue weighted by atomic mass is 16.5. The number of ether oxygens (including phenoxy) is 1. The van der Waals surface area contributed by atoms with E-state index in [1.807, 2.05) is 0 Å². The maximum Gasteiger partial charge on any atom is 0.306 e. The standard InChI is InChI=1S/C28H52O2/c1-2-3-4-5-6-7-8-9-10-11-12-13-14-15-16-17-18-19-23-26-28(29)30-27-24-21-20-22-25-27/h11-12,27H,2-10,13-26H2,1H3. The van der Waals surface area contributed by atoms with E-state index in [9.17, 15) is 4.79 Å². The highest BCUT2D eigenvalue weighted by Crippen LogP contribution is 2.21. The second-order valence-corrected chi connectivity index (χ2v) is 9.50. The van der Waals surface area contributed by atoms with Gasteiger partial charge < -0.3 is 4.74 Å². The van der Waals surface area contributed by atoms with Gasteiger partial charge in [-0.1, -0.05) is 103 Å². The van der Waals surface area contributed by atoms with Crippen molar-refractivity contribution in [3.63, 3.8) is 0 Å². The molecular weight excluding hydrogens is 368 g/mol. The molecule has 0 aromatic carbocycles. The largest absolute Gasteiger partial charge is 0.462 e. The van der Waals surface area contributed by atoms with Crippen LogP contribution >= 0.6 is 0 Å². The van der Waals surface area contributed by atoms with Crippen LogP contribution in [0.5, 0.6) is 0 Å². The molecule has 1 rings (SSSR count). The van der Waals surface area contributed by atoms with Crippen LogP contribution in [0.3, 0.4) is 0 Å². The SMILES string of the molecule is CCCCCCCCCCC=CCCCCCCCCCC(=O)OC1CCCCC1. The summed E-state index contributed by atoms with van der Waals surface area (Å²) in [6, 6.07) is 0. The Morgan fingerprint density at radius 1 is 0.667 bits per heavy atom. The van der Waals surface area contributed by atoms with Gasteiger partial charge in [-0.05, 0) is 57.8 Å². The third kappa shape index (κ3) is 18.0. The molecular formula is C28H52O2. The predicted octanol–water partition coefficient (Wildman–Crippen LogP) is 9.46. The molecule has 0 N–H and O–H groups in total. The number of unbranched alkanes of at least 4 members (excludes halogenated alkanes) is 15. The third-order valence-corrected chi connectivity index (χ3v) is 6.49.